The van der Waals surface area contributed by atoms with E-state index in [4.69, 9.17) is 14.2 Å². The van der Waals surface area contributed by atoms with Gasteiger partial charge in [-0.05, 0) is 88.0 Å². The van der Waals surface area contributed by atoms with Crippen LogP contribution < -0.4 is 14.2 Å². The van der Waals surface area contributed by atoms with Crippen molar-refractivity contribution in [1.29, 1.82) is 0 Å². The van der Waals surface area contributed by atoms with Crippen LogP contribution in [0.25, 0.3) is 32.3 Å². The predicted molar refractivity (Wildman–Crippen MR) is 139 cm³/mol. The highest BCUT2D eigenvalue weighted by Crippen LogP contribution is 2.45. The van der Waals surface area contributed by atoms with Crippen molar-refractivity contribution < 1.29 is 14.2 Å². The maximum Gasteiger partial charge on any atom is 0.172 e. The van der Waals surface area contributed by atoms with Crippen LogP contribution in [0.4, 0.5) is 0 Å². The smallest absolute Gasteiger partial charge is 0.172 e. The second-order valence-electron chi connectivity index (χ2n) is 8.53. The molecule has 0 saturated heterocycles. The Morgan fingerprint density at radius 2 is 1.44 bits per heavy atom. The highest BCUT2D eigenvalue weighted by Gasteiger charge is 2.19. The molecule has 4 nitrogen and oxygen atoms in total. The van der Waals surface area contributed by atoms with Crippen LogP contribution in [0.15, 0.2) is 73.1 Å². The molecule has 0 atom stereocenters. The summed E-state index contributed by atoms with van der Waals surface area (Å²) < 4.78 is 16.8. The van der Waals surface area contributed by atoms with Crippen LogP contribution in [-0.2, 0) is 12.8 Å². The molecule has 1 heterocycles. The van der Waals surface area contributed by atoms with E-state index in [9.17, 15) is 0 Å². The molecule has 0 amide bonds. The summed E-state index contributed by atoms with van der Waals surface area (Å²) in [6.07, 6.45) is 8.55. The zero-order valence-electron chi connectivity index (χ0n) is 19.9. The molecule has 1 aromatic heterocycles. The number of rotatable bonds is 3. The molecule has 172 valence electrons. The Kier molecular flexibility index (Phi) is 6.22. The van der Waals surface area contributed by atoms with E-state index < -0.39 is 0 Å². The number of aromatic nitrogens is 1. The molecule has 1 aliphatic rings. The zero-order chi connectivity index (χ0) is 23.5. The number of ether oxygens (including phenoxy) is 3. The second-order valence-corrected chi connectivity index (χ2v) is 8.53. The SMILES string of the molecule is COc1ccc2c(c(OC)cc3c4c(ccc32)CCCC4)c1OC.c1ccc2cnccc2c1. The Bertz CT molecular complexity index is 1410. The molecule has 4 heteroatoms. The minimum atomic E-state index is 0.723. The van der Waals surface area contributed by atoms with E-state index in [1.807, 2.05) is 36.7 Å². The first-order valence-corrected chi connectivity index (χ1v) is 11.7. The Morgan fingerprint density at radius 3 is 2.21 bits per heavy atom. The van der Waals surface area contributed by atoms with E-state index in [1.165, 1.54) is 51.9 Å². The van der Waals surface area contributed by atoms with Gasteiger partial charge >= 0.3 is 0 Å². The normalized spacial score (nSPS) is 12.7. The standard InChI is InChI=1S/C21H22O3.C9H7N/c1-22-18-11-10-16-15-9-8-13-6-4-5-7-14(13)17(15)12-19(23-2)20(16)21(18)24-3;1-2-4-9-7-10-6-5-8(9)3-1/h8-12H,4-7H2,1-3H3;1-7H. The summed E-state index contributed by atoms with van der Waals surface area (Å²) in [6, 6.07) is 21.0. The van der Waals surface area contributed by atoms with Crippen molar-refractivity contribution in [1.82, 2.24) is 4.98 Å². The summed E-state index contributed by atoms with van der Waals surface area (Å²) in [6.45, 7) is 0. The summed E-state index contributed by atoms with van der Waals surface area (Å²) in [4.78, 5) is 4.01. The van der Waals surface area contributed by atoms with Gasteiger partial charge in [-0.3, -0.25) is 4.98 Å². The lowest BCUT2D eigenvalue weighted by molar-refractivity contribution is 0.356. The van der Waals surface area contributed by atoms with Crippen molar-refractivity contribution >= 4 is 32.3 Å². The average Bonchev–Trinajstić information content (AvgIpc) is 2.92. The minimum absolute atomic E-state index is 0.723. The number of pyridine rings is 1. The molecule has 1 aliphatic carbocycles. The van der Waals surface area contributed by atoms with Crippen LogP contribution >= 0.6 is 0 Å². The Labute approximate surface area is 200 Å². The third-order valence-electron chi connectivity index (χ3n) is 6.70. The highest BCUT2D eigenvalue weighted by molar-refractivity contribution is 6.14. The molecular formula is C30H29NO3. The van der Waals surface area contributed by atoms with Crippen LogP contribution in [0.2, 0.25) is 0 Å². The van der Waals surface area contributed by atoms with Gasteiger partial charge in [-0.2, -0.15) is 0 Å². The quantitative estimate of drug-likeness (QED) is 0.274. The molecule has 0 radical (unpaired) electrons. The van der Waals surface area contributed by atoms with Crippen molar-refractivity contribution in [2.45, 2.75) is 25.7 Å². The lowest BCUT2D eigenvalue weighted by atomic mass is 9.86. The number of fused-ring (bicyclic) bond motifs is 6. The number of hydrogen-bond acceptors (Lipinski definition) is 4. The van der Waals surface area contributed by atoms with Gasteiger partial charge in [0.05, 0.1) is 26.7 Å². The molecule has 0 aliphatic heterocycles. The van der Waals surface area contributed by atoms with Gasteiger partial charge in [0.25, 0.3) is 0 Å². The predicted octanol–water partition coefficient (Wildman–Crippen LogP) is 7.13. The van der Waals surface area contributed by atoms with Gasteiger partial charge in [-0.15, -0.1) is 0 Å². The van der Waals surface area contributed by atoms with E-state index in [0.29, 0.717) is 0 Å². The largest absolute Gasteiger partial charge is 0.496 e. The van der Waals surface area contributed by atoms with Crippen molar-refractivity contribution in [3.05, 3.63) is 84.2 Å². The van der Waals surface area contributed by atoms with Crippen molar-refractivity contribution in [2.75, 3.05) is 21.3 Å². The van der Waals surface area contributed by atoms with Crippen LogP contribution in [-0.4, -0.2) is 26.3 Å². The molecular weight excluding hydrogens is 422 g/mol. The van der Waals surface area contributed by atoms with E-state index in [2.05, 4.69) is 41.4 Å². The lowest BCUT2D eigenvalue weighted by Gasteiger charge is -2.21. The van der Waals surface area contributed by atoms with E-state index in [-0.39, 0.29) is 0 Å². The monoisotopic (exact) mass is 451 g/mol. The van der Waals surface area contributed by atoms with Gasteiger partial charge < -0.3 is 14.2 Å². The van der Waals surface area contributed by atoms with Crippen LogP contribution in [0.3, 0.4) is 0 Å². The molecule has 0 N–H and O–H groups in total. The fourth-order valence-corrected chi connectivity index (χ4v) is 5.04. The third kappa shape index (κ3) is 3.90. The maximum atomic E-state index is 5.73. The molecule has 0 unspecified atom stereocenters. The molecule has 5 aromatic rings. The summed E-state index contributed by atoms with van der Waals surface area (Å²) in [5.74, 6) is 2.29. The van der Waals surface area contributed by atoms with E-state index in [0.717, 1.165) is 34.4 Å². The maximum absolute atomic E-state index is 5.73. The molecule has 0 bridgehead atoms. The summed E-state index contributed by atoms with van der Waals surface area (Å²) in [5.41, 5.74) is 2.96. The van der Waals surface area contributed by atoms with Gasteiger partial charge in [0.2, 0.25) is 0 Å². The number of aryl methyl sites for hydroxylation is 2. The second kappa shape index (κ2) is 9.60. The average molecular weight is 452 g/mol. The molecule has 0 spiro atoms. The number of hydrogen-bond donors (Lipinski definition) is 0. The van der Waals surface area contributed by atoms with Crippen molar-refractivity contribution in [2.24, 2.45) is 0 Å². The lowest BCUT2D eigenvalue weighted by Crippen LogP contribution is -2.03. The summed E-state index contributed by atoms with van der Waals surface area (Å²) in [7, 11) is 5.05. The highest BCUT2D eigenvalue weighted by atomic mass is 16.5. The number of methoxy groups -OCH3 is 3. The van der Waals surface area contributed by atoms with Gasteiger partial charge in [0, 0.05) is 12.4 Å². The van der Waals surface area contributed by atoms with Gasteiger partial charge in [-0.1, -0.05) is 36.4 Å². The Morgan fingerprint density at radius 1 is 0.676 bits per heavy atom. The number of benzene rings is 4. The fraction of sp³-hybridized carbons (Fsp3) is 0.233. The van der Waals surface area contributed by atoms with Crippen LogP contribution in [0.5, 0.6) is 17.2 Å². The Hall–Kier alpha value is -3.79. The molecule has 4 aromatic carbocycles. The van der Waals surface area contributed by atoms with E-state index in [1.54, 1.807) is 21.3 Å². The van der Waals surface area contributed by atoms with Crippen molar-refractivity contribution in [3.8, 4) is 17.2 Å². The molecule has 34 heavy (non-hydrogen) atoms. The summed E-state index contributed by atoms with van der Waals surface area (Å²) >= 11 is 0. The minimum Gasteiger partial charge on any atom is -0.496 e. The topological polar surface area (TPSA) is 40.6 Å². The Balaban J connectivity index is 0.000000200. The van der Waals surface area contributed by atoms with Gasteiger partial charge in [0.1, 0.15) is 5.75 Å². The van der Waals surface area contributed by atoms with Crippen LogP contribution in [0, 0.1) is 0 Å². The van der Waals surface area contributed by atoms with E-state index >= 15 is 0 Å². The first kappa shape index (κ1) is 22.0. The fourth-order valence-electron chi connectivity index (χ4n) is 5.04. The molecule has 6 rings (SSSR count). The summed E-state index contributed by atoms with van der Waals surface area (Å²) in [5, 5.41) is 7.14. The molecule has 0 fully saturated rings. The first-order valence-electron chi connectivity index (χ1n) is 11.7. The third-order valence-corrected chi connectivity index (χ3v) is 6.70. The molecule has 0 saturated carbocycles. The first-order chi connectivity index (χ1) is 16.7. The van der Waals surface area contributed by atoms with Gasteiger partial charge in [0.15, 0.2) is 11.5 Å². The van der Waals surface area contributed by atoms with Gasteiger partial charge in [-0.25, -0.2) is 0 Å². The van der Waals surface area contributed by atoms with Crippen molar-refractivity contribution in [3.63, 3.8) is 0 Å². The zero-order valence-corrected chi connectivity index (χ0v) is 19.9. The van der Waals surface area contributed by atoms with Crippen LogP contribution in [0.1, 0.15) is 24.0 Å². The number of nitrogens with zero attached hydrogens (tertiary/aromatic N) is 1.